The molecule has 4 heteroatoms. The monoisotopic (exact) mass is 265 g/mol. The van der Waals surface area contributed by atoms with Gasteiger partial charge >= 0.3 is 0 Å². The number of nitrogens with one attached hydrogen (secondary N) is 1. The maximum atomic E-state index is 12.1. The number of hydrogen-bond acceptors (Lipinski definition) is 3. The molecule has 1 aliphatic heterocycles. The Balaban J connectivity index is 1.99. The minimum Gasteiger partial charge on any atom is -0.396 e. The molecule has 1 fully saturated rings. The Kier molecular flexibility index (Phi) is 5.08. The van der Waals surface area contributed by atoms with Crippen molar-refractivity contribution in [2.75, 3.05) is 12.4 Å². The van der Waals surface area contributed by atoms with Gasteiger partial charge in [0.15, 0.2) is 0 Å². The Morgan fingerprint density at radius 1 is 1.44 bits per heavy atom. The standard InChI is InChI=1S/C14H19NO2S/c16-9-8-12(11-5-2-1-3-6-11)15-14(17)13-7-4-10-18-13/h1-3,5-6,12-13,16H,4,7-10H2,(H,15,17). The van der Waals surface area contributed by atoms with Gasteiger partial charge in [0.25, 0.3) is 0 Å². The minimum absolute atomic E-state index is 0.0788. The number of aliphatic hydroxyl groups is 1. The fourth-order valence-electron chi connectivity index (χ4n) is 2.19. The van der Waals surface area contributed by atoms with Gasteiger partial charge in [-0.05, 0) is 30.6 Å². The average molecular weight is 265 g/mol. The zero-order chi connectivity index (χ0) is 12.8. The van der Waals surface area contributed by atoms with Gasteiger partial charge in [-0.25, -0.2) is 0 Å². The van der Waals surface area contributed by atoms with E-state index in [1.807, 2.05) is 30.3 Å². The third-order valence-electron chi connectivity index (χ3n) is 3.16. The number of rotatable bonds is 5. The van der Waals surface area contributed by atoms with E-state index in [1.54, 1.807) is 11.8 Å². The molecule has 1 amide bonds. The van der Waals surface area contributed by atoms with Gasteiger partial charge in [0.05, 0.1) is 11.3 Å². The van der Waals surface area contributed by atoms with Gasteiger partial charge in [-0.15, -0.1) is 11.8 Å². The topological polar surface area (TPSA) is 49.3 Å². The zero-order valence-corrected chi connectivity index (χ0v) is 11.2. The summed E-state index contributed by atoms with van der Waals surface area (Å²) >= 11 is 1.73. The summed E-state index contributed by atoms with van der Waals surface area (Å²) in [6, 6.07) is 9.76. The van der Waals surface area contributed by atoms with E-state index >= 15 is 0 Å². The third-order valence-corrected chi connectivity index (χ3v) is 4.53. The molecular formula is C14H19NO2S. The Hall–Kier alpha value is -1.00. The zero-order valence-electron chi connectivity index (χ0n) is 10.3. The van der Waals surface area contributed by atoms with Crippen molar-refractivity contribution >= 4 is 17.7 Å². The largest absolute Gasteiger partial charge is 0.396 e. The Bertz CT molecular complexity index is 377. The van der Waals surface area contributed by atoms with Crippen LogP contribution in [0.15, 0.2) is 30.3 Å². The lowest BCUT2D eigenvalue weighted by atomic mass is 10.0. The predicted octanol–water partition coefficient (Wildman–Crippen LogP) is 2.12. The SMILES string of the molecule is O=C(NC(CCO)c1ccccc1)C1CCCS1. The lowest BCUT2D eigenvalue weighted by Crippen LogP contribution is -2.35. The van der Waals surface area contributed by atoms with Crippen molar-refractivity contribution < 1.29 is 9.90 Å². The van der Waals surface area contributed by atoms with E-state index in [1.165, 1.54) is 0 Å². The molecule has 2 N–H and O–H groups in total. The summed E-state index contributed by atoms with van der Waals surface area (Å²) in [7, 11) is 0. The number of aliphatic hydroxyl groups excluding tert-OH is 1. The van der Waals surface area contributed by atoms with Gasteiger partial charge in [0.1, 0.15) is 0 Å². The fraction of sp³-hybridized carbons (Fsp3) is 0.500. The van der Waals surface area contributed by atoms with Crippen molar-refractivity contribution in [2.24, 2.45) is 0 Å². The van der Waals surface area contributed by atoms with Gasteiger partial charge in [-0.1, -0.05) is 30.3 Å². The molecule has 2 rings (SSSR count). The lowest BCUT2D eigenvalue weighted by Gasteiger charge is -2.20. The Morgan fingerprint density at radius 3 is 2.83 bits per heavy atom. The molecule has 18 heavy (non-hydrogen) atoms. The summed E-state index contributed by atoms with van der Waals surface area (Å²) in [5.41, 5.74) is 1.06. The molecule has 0 bridgehead atoms. The number of hydrogen-bond donors (Lipinski definition) is 2. The quantitative estimate of drug-likeness (QED) is 0.857. The highest BCUT2D eigenvalue weighted by Crippen LogP contribution is 2.27. The van der Waals surface area contributed by atoms with Crippen molar-refractivity contribution in [2.45, 2.75) is 30.6 Å². The molecule has 1 saturated heterocycles. The first-order valence-corrected chi connectivity index (χ1v) is 7.44. The van der Waals surface area contributed by atoms with Gasteiger partial charge in [-0.2, -0.15) is 0 Å². The Labute approximate surface area is 112 Å². The van der Waals surface area contributed by atoms with Crippen LogP contribution in [0, 0.1) is 0 Å². The van der Waals surface area contributed by atoms with Crippen molar-refractivity contribution in [3.05, 3.63) is 35.9 Å². The summed E-state index contributed by atoms with van der Waals surface area (Å²) in [6.07, 6.45) is 2.66. The van der Waals surface area contributed by atoms with Gasteiger partial charge in [-0.3, -0.25) is 4.79 Å². The molecule has 98 valence electrons. The normalized spacial score (nSPS) is 20.6. The van der Waals surface area contributed by atoms with Gasteiger partial charge in [0, 0.05) is 6.61 Å². The van der Waals surface area contributed by atoms with Crippen molar-refractivity contribution in [3.8, 4) is 0 Å². The third kappa shape index (κ3) is 3.50. The van der Waals surface area contributed by atoms with E-state index in [4.69, 9.17) is 5.11 Å². The molecule has 0 saturated carbocycles. The summed E-state index contributed by atoms with van der Waals surface area (Å²) in [5.74, 6) is 1.19. The van der Waals surface area contributed by atoms with E-state index < -0.39 is 0 Å². The smallest absolute Gasteiger partial charge is 0.233 e. The average Bonchev–Trinajstić information content (AvgIpc) is 2.93. The second-order valence-electron chi connectivity index (χ2n) is 4.49. The molecular weight excluding hydrogens is 246 g/mol. The highest BCUT2D eigenvalue weighted by Gasteiger charge is 2.25. The first-order valence-electron chi connectivity index (χ1n) is 6.39. The number of thioether (sulfide) groups is 1. The van der Waals surface area contributed by atoms with Crippen LogP contribution in [-0.4, -0.2) is 28.6 Å². The van der Waals surface area contributed by atoms with E-state index in [-0.39, 0.29) is 23.8 Å². The van der Waals surface area contributed by atoms with Crippen LogP contribution < -0.4 is 5.32 Å². The first kappa shape index (κ1) is 13.4. The van der Waals surface area contributed by atoms with Crippen LogP contribution in [0.5, 0.6) is 0 Å². The second kappa shape index (κ2) is 6.81. The van der Waals surface area contributed by atoms with Crippen molar-refractivity contribution in [1.29, 1.82) is 0 Å². The van der Waals surface area contributed by atoms with Crippen LogP contribution in [0.3, 0.4) is 0 Å². The molecule has 0 aliphatic carbocycles. The summed E-state index contributed by atoms with van der Waals surface area (Å²) in [6.45, 7) is 0.0810. The number of carbonyl (C=O) groups is 1. The maximum absolute atomic E-state index is 12.1. The van der Waals surface area contributed by atoms with Crippen molar-refractivity contribution in [1.82, 2.24) is 5.32 Å². The second-order valence-corrected chi connectivity index (χ2v) is 5.80. The van der Waals surface area contributed by atoms with Crippen LogP contribution in [0.4, 0.5) is 0 Å². The van der Waals surface area contributed by atoms with E-state index in [9.17, 15) is 4.79 Å². The fourth-order valence-corrected chi connectivity index (χ4v) is 3.36. The lowest BCUT2D eigenvalue weighted by molar-refractivity contribution is -0.121. The maximum Gasteiger partial charge on any atom is 0.233 e. The molecule has 1 aliphatic rings. The van der Waals surface area contributed by atoms with E-state index in [0.717, 1.165) is 24.2 Å². The predicted molar refractivity (Wildman–Crippen MR) is 74.5 cm³/mol. The molecule has 2 atom stereocenters. The molecule has 1 aromatic carbocycles. The highest BCUT2D eigenvalue weighted by atomic mass is 32.2. The summed E-state index contributed by atoms with van der Waals surface area (Å²) in [5, 5.41) is 12.3. The highest BCUT2D eigenvalue weighted by molar-refractivity contribution is 8.00. The van der Waals surface area contributed by atoms with Crippen LogP contribution in [0.25, 0.3) is 0 Å². The molecule has 3 nitrogen and oxygen atoms in total. The van der Waals surface area contributed by atoms with Crippen LogP contribution in [0.2, 0.25) is 0 Å². The molecule has 0 aromatic heterocycles. The summed E-state index contributed by atoms with van der Waals surface area (Å²) < 4.78 is 0. The molecule has 0 radical (unpaired) electrons. The molecule has 1 heterocycles. The van der Waals surface area contributed by atoms with E-state index in [0.29, 0.717) is 6.42 Å². The van der Waals surface area contributed by atoms with Crippen LogP contribution in [-0.2, 0) is 4.79 Å². The van der Waals surface area contributed by atoms with Crippen LogP contribution >= 0.6 is 11.8 Å². The van der Waals surface area contributed by atoms with Crippen molar-refractivity contribution in [3.63, 3.8) is 0 Å². The van der Waals surface area contributed by atoms with Crippen LogP contribution in [0.1, 0.15) is 30.9 Å². The first-order chi connectivity index (χ1) is 8.81. The molecule has 0 spiro atoms. The Morgan fingerprint density at radius 2 is 2.22 bits per heavy atom. The summed E-state index contributed by atoms with van der Waals surface area (Å²) in [4.78, 5) is 12.1. The molecule has 1 aromatic rings. The van der Waals surface area contributed by atoms with E-state index in [2.05, 4.69) is 5.32 Å². The number of carbonyl (C=O) groups excluding carboxylic acids is 1. The number of amides is 1. The van der Waals surface area contributed by atoms with Gasteiger partial charge in [0.2, 0.25) is 5.91 Å². The number of benzene rings is 1. The van der Waals surface area contributed by atoms with Gasteiger partial charge < -0.3 is 10.4 Å². The minimum atomic E-state index is -0.0788. The molecule has 2 unspecified atom stereocenters.